The van der Waals surface area contributed by atoms with Crippen LogP contribution in [0.2, 0.25) is 5.04 Å². The molecule has 2 aliphatic heterocycles. The van der Waals surface area contributed by atoms with E-state index in [9.17, 15) is 0 Å². The van der Waals surface area contributed by atoms with Crippen LogP contribution < -0.4 is 10.4 Å². The summed E-state index contributed by atoms with van der Waals surface area (Å²) in [5.41, 5.74) is 0. The number of allylic oxidation sites excluding steroid dienone is 1. The molecule has 0 unspecified atom stereocenters. The van der Waals surface area contributed by atoms with Gasteiger partial charge in [-0.05, 0) is 36.2 Å². The lowest BCUT2D eigenvalue weighted by Crippen LogP contribution is -2.68. The highest BCUT2D eigenvalue weighted by Crippen LogP contribution is 2.41. The van der Waals surface area contributed by atoms with Crippen LogP contribution in [-0.4, -0.2) is 45.6 Å². The Morgan fingerprint density at radius 1 is 0.939 bits per heavy atom. The van der Waals surface area contributed by atoms with Crippen LogP contribution in [-0.2, 0) is 18.6 Å². The van der Waals surface area contributed by atoms with E-state index in [1.807, 2.05) is 13.8 Å². The molecule has 2 aromatic carbocycles. The zero-order chi connectivity index (χ0) is 23.7. The van der Waals surface area contributed by atoms with Gasteiger partial charge in [0.05, 0.1) is 25.4 Å². The van der Waals surface area contributed by atoms with Gasteiger partial charge in [-0.15, -0.1) is 0 Å². The van der Waals surface area contributed by atoms with Gasteiger partial charge in [0, 0.05) is 5.92 Å². The molecular weight excluding hydrogens is 428 g/mol. The van der Waals surface area contributed by atoms with Crippen molar-refractivity contribution in [2.24, 2.45) is 5.92 Å². The third-order valence-corrected chi connectivity index (χ3v) is 11.9. The molecule has 5 heteroatoms. The van der Waals surface area contributed by atoms with Crippen LogP contribution in [0.4, 0.5) is 0 Å². The molecular formula is C28H38O4Si. The monoisotopic (exact) mass is 466 g/mol. The number of hydrogen-bond acceptors (Lipinski definition) is 4. The van der Waals surface area contributed by atoms with E-state index in [-0.39, 0.29) is 29.3 Å². The summed E-state index contributed by atoms with van der Waals surface area (Å²) in [6.07, 6.45) is 4.08. The summed E-state index contributed by atoms with van der Waals surface area (Å²) in [4.78, 5) is 0. The van der Waals surface area contributed by atoms with Gasteiger partial charge in [-0.25, -0.2) is 0 Å². The minimum absolute atomic E-state index is 0.0650. The molecule has 0 aromatic heterocycles. The number of benzene rings is 2. The number of ether oxygens (including phenoxy) is 3. The van der Waals surface area contributed by atoms with E-state index < -0.39 is 14.1 Å². The standard InChI is InChI=1S/C28H38O4Si/c1-7-14-23-24(19-29-26(23)25-20-30-28(5,6)31-25)32-33(27(2,3)4,21-15-10-8-11-16-21)22-17-12-9-13-18-22/h7-18,23-26H,19-20H2,1-6H3/t23-,24-,25-,26-/m0/s1. The Kier molecular flexibility index (Phi) is 6.99. The van der Waals surface area contributed by atoms with Gasteiger partial charge in [-0.1, -0.05) is 93.6 Å². The van der Waals surface area contributed by atoms with Crippen molar-refractivity contribution in [3.63, 3.8) is 0 Å². The largest absolute Gasteiger partial charge is 0.401 e. The average Bonchev–Trinajstić information content (AvgIpc) is 3.35. The first-order valence-electron chi connectivity index (χ1n) is 12.0. The first-order chi connectivity index (χ1) is 15.7. The molecule has 2 aromatic rings. The molecule has 0 aliphatic carbocycles. The highest BCUT2D eigenvalue weighted by molar-refractivity contribution is 6.99. The second-order valence-electron chi connectivity index (χ2n) is 10.6. The van der Waals surface area contributed by atoms with Crippen molar-refractivity contribution in [3.05, 3.63) is 72.8 Å². The Hall–Kier alpha value is -1.76. The summed E-state index contributed by atoms with van der Waals surface area (Å²) in [7, 11) is -2.67. The van der Waals surface area contributed by atoms with Crippen molar-refractivity contribution in [1.82, 2.24) is 0 Å². The average molecular weight is 467 g/mol. The Balaban J connectivity index is 1.75. The molecule has 0 N–H and O–H groups in total. The molecule has 0 spiro atoms. The molecule has 0 radical (unpaired) electrons. The lowest BCUT2D eigenvalue weighted by atomic mass is 9.95. The topological polar surface area (TPSA) is 36.9 Å². The van der Waals surface area contributed by atoms with Gasteiger partial charge in [0.25, 0.3) is 8.32 Å². The highest BCUT2D eigenvalue weighted by atomic mass is 28.4. The van der Waals surface area contributed by atoms with Gasteiger partial charge in [-0.3, -0.25) is 0 Å². The summed E-state index contributed by atoms with van der Waals surface area (Å²) in [6.45, 7) is 14.0. The lowest BCUT2D eigenvalue weighted by molar-refractivity contribution is -0.153. The molecule has 4 rings (SSSR count). The maximum absolute atomic E-state index is 7.41. The van der Waals surface area contributed by atoms with E-state index >= 15 is 0 Å². The fraction of sp³-hybridized carbons (Fsp3) is 0.500. The van der Waals surface area contributed by atoms with Gasteiger partial charge in [0.1, 0.15) is 6.10 Å². The van der Waals surface area contributed by atoms with Crippen molar-refractivity contribution in [2.45, 2.75) is 70.7 Å². The van der Waals surface area contributed by atoms with E-state index in [2.05, 4.69) is 101 Å². The lowest BCUT2D eigenvalue weighted by Gasteiger charge is -2.45. The maximum Gasteiger partial charge on any atom is 0.261 e. The summed E-state index contributed by atoms with van der Waals surface area (Å²) in [5, 5.41) is 2.49. The van der Waals surface area contributed by atoms with E-state index in [0.717, 1.165) is 0 Å². The Morgan fingerprint density at radius 2 is 1.52 bits per heavy atom. The van der Waals surface area contributed by atoms with E-state index in [4.69, 9.17) is 18.6 Å². The Labute approximate surface area is 200 Å². The summed E-state index contributed by atoms with van der Waals surface area (Å²) in [5.74, 6) is -0.481. The van der Waals surface area contributed by atoms with Gasteiger partial charge < -0.3 is 18.6 Å². The SMILES string of the molecule is CC=C[C@@H]1[C@@H]([C@@H]2COC(C)(C)O2)OC[C@@H]1O[Si](c1ccccc1)(c1ccccc1)C(C)(C)C. The third-order valence-electron chi connectivity index (χ3n) is 6.82. The second-order valence-corrected chi connectivity index (χ2v) is 14.8. The molecule has 0 bridgehead atoms. The van der Waals surface area contributed by atoms with Crippen LogP contribution in [0.1, 0.15) is 41.5 Å². The highest BCUT2D eigenvalue weighted by Gasteiger charge is 2.55. The first kappa shape index (κ1) is 24.4. The predicted octanol–water partition coefficient (Wildman–Crippen LogP) is 4.67. The zero-order valence-electron chi connectivity index (χ0n) is 20.8. The van der Waals surface area contributed by atoms with Crippen LogP contribution in [0.15, 0.2) is 72.8 Å². The molecule has 33 heavy (non-hydrogen) atoms. The predicted molar refractivity (Wildman–Crippen MR) is 135 cm³/mol. The minimum atomic E-state index is -2.67. The van der Waals surface area contributed by atoms with Crippen molar-refractivity contribution in [2.75, 3.05) is 13.2 Å². The van der Waals surface area contributed by atoms with Crippen LogP contribution in [0, 0.1) is 5.92 Å². The van der Waals surface area contributed by atoms with Crippen molar-refractivity contribution in [3.8, 4) is 0 Å². The first-order valence-corrected chi connectivity index (χ1v) is 13.9. The van der Waals surface area contributed by atoms with Crippen LogP contribution >= 0.6 is 0 Å². The van der Waals surface area contributed by atoms with Crippen LogP contribution in [0.3, 0.4) is 0 Å². The van der Waals surface area contributed by atoms with Crippen molar-refractivity contribution >= 4 is 18.7 Å². The van der Waals surface area contributed by atoms with E-state index in [1.165, 1.54) is 10.4 Å². The second kappa shape index (κ2) is 9.47. The molecule has 2 heterocycles. The number of rotatable bonds is 6. The minimum Gasteiger partial charge on any atom is -0.401 e. The molecule has 2 saturated heterocycles. The molecule has 178 valence electrons. The smallest absolute Gasteiger partial charge is 0.261 e. The zero-order valence-corrected chi connectivity index (χ0v) is 21.8. The molecule has 4 atom stereocenters. The fourth-order valence-corrected chi connectivity index (χ4v) is 10.1. The number of hydrogen-bond donors (Lipinski definition) is 0. The van der Waals surface area contributed by atoms with Crippen molar-refractivity contribution in [1.29, 1.82) is 0 Å². The van der Waals surface area contributed by atoms with Crippen LogP contribution in [0.5, 0.6) is 0 Å². The fourth-order valence-electron chi connectivity index (χ4n) is 5.36. The molecule has 0 amide bonds. The summed E-state index contributed by atoms with van der Waals surface area (Å²) in [6, 6.07) is 21.6. The van der Waals surface area contributed by atoms with E-state index in [0.29, 0.717) is 13.2 Å². The van der Waals surface area contributed by atoms with Crippen LogP contribution in [0.25, 0.3) is 0 Å². The molecule has 2 aliphatic rings. The third kappa shape index (κ3) is 4.75. The van der Waals surface area contributed by atoms with Gasteiger partial charge in [0.2, 0.25) is 0 Å². The quantitative estimate of drug-likeness (QED) is 0.458. The molecule has 0 saturated carbocycles. The van der Waals surface area contributed by atoms with Gasteiger partial charge >= 0.3 is 0 Å². The van der Waals surface area contributed by atoms with Gasteiger partial charge in [-0.2, -0.15) is 0 Å². The van der Waals surface area contributed by atoms with Gasteiger partial charge in [0.15, 0.2) is 5.79 Å². The summed E-state index contributed by atoms with van der Waals surface area (Å²) < 4.78 is 25.8. The molecule has 4 nitrogen and oxygen atoms in total. The Bertz CT molecular complexity index is 896. The Morgan fingerprint density at radius 3 is 1.97 bits per heavy atom. The summed E-state index contributed by atoms with van der Waals surface area (Å²) >= 11 is 0. The van der Waals surface area contributed by atoms with E-state index in [1.54, 1.807) is 0 Å². The maximum atomic E-state index is 7.41. The van der Waals surface area contributed by atoms with Crippen molar-refractivity contribution < 1.29 is 18.6 Å². The molecule has 2 fully saturated rings. The normalized spacial score (nSPS) is 27.9.